The first kappa shape index (κ1) is 21.2. The van der Waals surface area contributed by atoms with E-state index in [1.165, 1.54) is 23.5 Å². The number of aromatic nitrogens is 1. The Labute approximate surface area is 183 Å². The Morgan fingerprint density at radius 1 is 1.10 bits per heavy atom. The summed E-state index contributed by atoms with van der Waals surface area (Å²) >= 11 is 1.31. The van der Waals surface area contributed by atoms with E-state index in [2.05, 4.69) is 5.32 Å². The van der Waals surface area contributed by atoms with Crippen molar-refractivity contribution in [3.63, 3.8) is 0 Å². The van der Waals surface area contributed by atoms with Gasteiger partial charge >= 0.3 is 0 Å². The molecule has 0 spiro atoms. The molecular weight excluding hydrogens is 434 g/mol. The monoisotopic (exact) mass is 455 g/mol. The van der Waals surface area contributed by atoms with Gasteiger partial charge in [0.25, 0.3) is 11.5 Å². The third-order valence-electron chi connectivity index (χ3n) is 5.14. The number of nitrogens with zero attached hydrogens (tertiary/aromatic N) is 1. The van der Waals surface area contributed by atoms with Gasteiger partial charge in [0, 0.05) is 23.2 Å². The molecule has 9 heteroatoms. The van der Waals surface area contributed by atoms with Crippen molar-refractivity contribution in [1.82, 2.24) is 9.88 Å². The van der Waals surface area contributed by atoms with Crippen molar-refractivity contribution in [2.45, 2.75) is 24.8 Å². The smallest absolute Gasteiger partial charge is 0.261 e. The number of sulfonamides is 1. The van der Waals surface area contributed by atoms with Gasteiger partial charge in [-0.25, -0.2) is 13.6 Å². The van der Waals surface area contributed by atoms with E-state index < -0.39 is 10.0 Å². The van der Waals surface area contributed by atoms with Gasteiger partial charge in [0.15, 0.2) is 0 Å². The minimum Gasteiger partial charge on any atom is -0.351 e. The van der Waals surface area contributed by atoms with E-state index in [0.717, 1.165) is 21.2 Å². The number of amides is 1. The molecule has 4 aromatic rings. The number of fused-ring (bicyclic) bond motifs is 3. The zero-order valence-corrected chi connectivity index (χ0v) is 18.4. The van der Waals surface area contributed by atoms with Crippen molar-refractivity contribution in [3.8, 4) is 0 Å². The summed E-state index contributed by atoms with van der Waals surface area (Å²) in [6.07, 6.45) is 0.535. The number of carbonyl (C=O) groups is 1. The molecule has 0 saturated carbocycles. The number of benzene rings is 2. The number of thiophene rings is 1. The molecule has 2 heterocycles. The Bertz CT molecular complexity index is 1450. The normalized spacial score (nSPS) is 11.8. The lowest BCUT2D eigenvalue weighted by Crippen LogP contribution is -2.25. The average molecular weight is 456 g/mol. The second-order valence-corrected chi connectivity index (χ2v) is 9.73. The summed E-state index contributed by atoms with van der Waals surface area (Å²) in [7, 11) is -3.72. The molecule has 0 aliphatic carbocycles. The van der Waals surface area contributed by atoms with Crippen LogP contribution in [0.1, 0.15) is 22.2 Å². The van der Waals surface area contributed by atoms with Gasteiger partial charge in [-0.2, -0.15) is 0 Å². The summed E-state index contributed by atoms with van der Waals surface area (Å²) in [4.78, 5) is 26.1. The third-order valence-corrected chi connectivity index (χ3v) is 7.23. The maximum absolute atomic E-state index is 12.9. The van der Waals surface area contributed by atoms with Crippen LogP contribution < -0.4 is 16.0 Å². The number of hydrogen-bond donors (Lipinski definition) is 2. The van der Waals surface area contributed by atoms with E-state index in [0.29, 0.717) is 29.8 Å². The third kappa shape index (κ3) is 4.12. The molecule has 2 aromatic heterocycles. The molecule has 0 radical (unpaired) electrons. The molecule has 160 valence electrons. The fraction of sp³-hybridized carbons (Fsp3) is 0.182. The number of nitrogens with one attached hydrogen (secondary N) is 1. The minimum atomic E-state index is -3.72. The number of rotatable bonds is 6. The average Bonchev–Trinajstić information content (AvgIpc) is 3.20. The first-order valence-electron chi connectivity index (χ1n) is 9.74. The molecule has 0 aliphatic rings. The summed E-state index contributed by atoms with van der Waals surface area (Å²) in [5, 5.41) is 9.47. The van der Waals surface area contributed by atoms with E-state index >= 15 is 0 Å². The van der Waals surface area contributed by atoms with Crippen LogP contribution in [0.25, 0.3) is 21.0 Å². The number of carbonyl (C=O) groups excluding carboxylic acids is 1. The standard InChI is InChI=1S/C22H21N3O4S2/c1-2-25-18-6-4-3-5-16(18)20-17(22(25)27)13-19(30-20)21(26)24-12-11-14-7-9-15(10-8-14)31(23,28)29/h3-10,13H,2,11-12H2,1H3,(H,24,26)(H2,23,28,29). The first-order valence-corrected chi connectivity index (χ1v) is 12.1. The Balaban J connectivity index is 1.54. The van der Waals surface area contributed by atoms with Crippen LogP contribution in [0.2, 0.25) is 0 Å². The highest BCUT2D eigenvalue weighted by Crippen LogP contribution is 2.30. The molecule has 7 nitrogen and oxygen atoms in total. The van der Waals surface area contributed by atoms with Crippen LogP contribution in [0.5, 0.6) is 0 Å². The molecule has 0 aliphatic heterocycles. The van der Waals surface area contributed by atoms with Gasteiger partial charge in [0.05, 0.1) is 20.7 Å². The van der Waals surface area contributed by atoms with Gasteiger partial charge in [-0.1, -0.05) is 30.3 Å². The van der Waals surface area contributed by atoms with Crippen molar-refractivity contribution in [1.29, 1.82) is 0 Å². The highest BCUT2D eigenvalue weighted by atomic mass is 32.2. The first-order chi connectivity index (χ1) is 14.8. The maximum atomic E-state index is 12.9. The summed E-state index contributed by atoms with van der Waals surface area (Å²) in [6, 6.07) is 15.6. The number of aryl methyl sites for hydroxylation is 1. The van der Waals surface area contributed by atoms with E-state index in [1.807, 2.05) is 31.2 Å². The fourth-order valence-electron chi connectivity index (χ4n) is 3.58. The van der Waals surface area contributed by atoms with E-state index in [4.69, 9.17) is 5.14 Å². The molecule has 1 amide bonds. The van der Waals surface area contributed by atoms with Crippen LogP contribution in [0.4, 0.5) is 0 Å². The quantitative estimate of drug-likeness (QED) is 0.466. The lowest BCUT2D eigenvalue weighted by Gasteiger charge is -2.08. The number of para-hydroxylation sites is 1. The van der Waals surface area contributed by atoms with Gasteiger partial charge in [-0.05, 0) is 43.2 Å². The number of nitrogens with two attached hydrogens (primary N) is 1. The van der Waals surface area contributed by atoms with E-state index in [1.54, 1.807) is 22.8 Å². The molecule has 0 atom stereocenters. The second kappa shape index (κ2) is 8.26. The van der Waals surface area contributed by atoms with Crippen molar-refractivity contribution in [3.05, 3.63) is 75.4 Å². The Morgan fingerprint density at radius 2 is 1.81 bits per heavy atom. The van der Waals surface area contributed by atoms with Gasteiger partial charge < -0.3 is 9.88 Å². The predicted octanol–water partition coefficient (Wildman–Crippen LogP) is 2.86. The largest absolute Gasteiger partial charge is 0.351 e. The molecule has 0 saturated heterocycles. The number of hydrogen-bond acceptors (Lipinski definition) is 5. The zero-order valence-electron chi connectivity index (χ0n) is 16.8. The van der Waals surface area contributed by atoms with Crippen molar-refractivity contribution < 1.29 is 13.2 Å². The molecule has 0 unspecified atom stereocenters. The van der Waals surface area contributed by atoms with Crippen LogP contribution in [0.15, 0.2) is 64.3 Å². The maximum Gasteiger partial charge on any atom is 0.261 e. The number of primary sulfonamides is 1. The van der Waals surface area contributed by atoms with Crippen LogP contribution in [-0.4, -0.2) is 25.4 Å². The molecule has 2 aromatic carbocycles. The Morgan fingerprint density at radius 3 is 2.48 bits per heavy atom. The summed E-state index contributed by atoms with van der Waals surface area (Å²) in [5.74, 6) is -0.242. The van der Waals surface area contributed by atoms with Crippen molar-refractivity contribution in [2.24, 2.45) is 5.14 Å². The van der Waals surface area contributed by atoms with Gasteiger partial charge in [0.2, 0.25) is 10.0 Å². The van der Waals surface area contributed by atoms with Crippen molar-refractivity contribution >= 4 is 48.3 Å². The summed E-state index contributed by atoms with van der Waals surface area (Å²) < 4.78 is 25.2. The lowest BCUT2D eigenvalue weighted by atomic mass is 10.1. The van der Waals surface area contributed by atoms with E-state index in [9.17, 15) is 18.0 Å². The second-order valence-electron chi connectivity index (χ2n) is 7.11. The SMILES string of the molecule is CCn1c(=O)c2cc(C(=O)NCCc3ccc(S(N)(=O)=O)cc3)sc2c2ccccc21. The highest BCUT2D eigenvalue weighted by molar-refractivity contribution is 7.89. The fourth-order valence-corrected chi connectivity index (χ4v) is 5.20. The molecule has 31 heavy (non-hydrogen) atoms. The van der Waals surface area contributed by atoms with Crippen molar-refractivity contribution in [2.75, 3.05) is 6.54 Å². The lowest BCUT2D eigenvalue weighted by molar-refractivity contribution is 0.0958. The van der Waals surface area contributed by atoms with Crippen LogP contribution in [0, 0.1) is 0 Å². The van der Waals surface area contributed by atoms with E-state index in [-0.39, 0.29) is 16.4 Å². The van der Waals surface area contributed by atoms with Crippen LogP contribution >= 0.6 is 11.3 Å². The highest BCUT2D eigenvalue weighted by Gasteiger charge is 2.16. The van der Waals surface area contributed by atoms with Gasteiger partial charge in [-0.3, -0.25) is 9.59 Å². The summed E-state index contributed by atoms with van der Waals surface area (Å²) in [5.41, 5.74) is 1.64. The predicted molar refractivity (Wildman–Crippen MR) is 123 cm³/mol. The molecule has 0 bridgehead atoms. The summed E-state index contributed by atoms with van der Waals surface area (Å²) in [6.45, 7) is 2.85. The minimum absolute atomic E-state index is 0.0514. The Hall–Kier alpha value is -3.01. The number of pyridine rings is 1. The molecular formula is C22H21N3O4S2. The molecule has 4 rings (SSSR count). The van der Waals surface area contributed by atoms with Gasteiger partial charge in [0.1, 0.15) is 0 Å². The van der Waals surface area contributed by atoms with Crippen LogP contribution in [-0.2, 0) is 23.0 Å². The Kier molecular flexibility index (Phi) is 5.65. The molecule has 3 N–H and O–H groups in total. The topological polar surface area (TPSA) is 111 Å². The van der Waals surface area contributed by atoms with Crippen LogP contribution in [0.3, 0.4) is 0 Å². The zero-order chi connectivity index (χ0) is 22.2. The molecule has 0 fully saturated rings. The van der Waals surface area contributed by atoms with Gasteiger partial charge in [-0.15, -0.1) is 11.3 Å².